The lowest BCUT2D eigenvalue weighted by Gasteiger charge is -2.33. The van der Waals surface area contributed by atoms with Crippen molar-refractivity contribution in [2.24, 2.45) is 12.8 Å². The molecule has 0 bridgehead atoms. The predicted molar refractivity (Wildman–Crippen MR) is 72.2 cm³/mol. The third-order valence-electron chi connectivity index (χ3n) is 4.12. The van der Waals surface area contributed by atoms with E-state index in [-0.39, 0.29) is 5.54 Å². The maximum absolute atomic E-state index is 6.63. The molecule has 0 aliphatic heterocycles. The third kappa shape index (κ3) is 1.72. The van der Waals surface area contributed by atoms with Gasteiger partial charge in [-0.15, -0.1) is 0 Å². The summed E-state index contributed by atoms with van der Waals surface area (Å²) in [6.45, 7) is 1.92. The molecule has 4 nitrogen and oxygen atoms in total. The van der Waals surface area contributed by atoms with Crippen LogP contribution >= 0.6 is 0 Å². The zero-order chi connectivity index (χ0) is 12.8. The second kappa shape index (κ2) is 4.05. The Bertz CT molecular complexity index is 579. The number of aryl methyl sites for hydroxylation is 2. The number of nitrogens with two attached hydrogens (primary N) is 1. The van der Waals surface area contributed by atoms with Gasteiger partial charge in [0, 0.05) is 35.9 Å². The van der Waals surface area contributed by atoms with E-state index in [0.29, 0.717) is 0 Å². The minimum Gasteiger partial charge on any atom is -0.335 e. The fraction of sp³-hybridized carbons (Fsp3) is 0.571. The van der Waals surface area contributed by atoms with Crippen LogP contribution in [0.4, 0.5) is 0 Å². The van der Waals surface area contributed by atoms with E-state index in [0.717, 1.165) is 29.7 Å². The molecule has 3 rings (SSSR count). The minimum absolute atomic E-state index is 0.184. The molecule has 0 saturated heterocycles. The van der Waals surface area contributed by atoms with Crippen LogP contribution in [-0.2, 0) is 12.6 Å². The van der Waals surface area contributed by atoms with Gasteiger partial charge < -0.3 is 10.3 Å². The number of rotatable bonds is 1. The maximum atomic E-state index is 6.63. The van der Waals surface area contributed by atoms with Gasteiger partial charge in [-0.25, -0.2) is 9.97 Å². The van der Waals surface area contributed by atoms with Crippen molar-refractivity contribution in [1.29, 1.82) is 0 Å². The van der Waals surface area contributed by atoms with Gasteiger partial charge in [-0.3, -0.25) is 0 Å². The van der Waals surface area contributed by atoms with Crippen molar-refractivity contribution in [3.63, 3.8) is 0 Å². The highest BCUT2D eigenvalue weighted by Crippen LogP contribution is 2.38. The lowest BCUT2D eigenvalue weighted by molar-refractivity contribution is 0.304. The molecule has 96 valence electrons. The zero-order valence-corrected chi connectivity index (χ0v) is 11.1. The summed E-state index contributed by atoms with van der Waals surface area (Å²) in [5, 5.41) is 1.12. The maximum Gasteiger partial charge on any atom is 0.143 e. The lowest BCUT2D eigenvalue weighted by Crippen LogP contribution is -2.38. The highest BCUT2D eigenvalue weighted by molar-refractivity contribution is 5.80. The van der Waals surface area contributed by atoms with Crippen LogP contribution < -0.4 is 5.73 Å². The van der Waals surface area contributed by atoms with Gasteiger partial charge >= 0.3 is 0 Å². The molecule has 0 atom stereocenters. The summed E-state index contributed by atoms with van der Waals surface area (Å²) in [6, 6.07) is 0. The van der Waals surface area contributed by atoms with Crippen molar-refractivity contribution in [3.05, 3.63) is 23.8 Å². The third-order valence-corrected chi connectivity index (χ3v) is 4.12. The fourth-order valence-corrected chi connectivity index (χ4v) is 3.09. The Balaban J connectivity index is 2.17. The first-order valence-electron chi connectivity index (χ1n) is 6.68. The number of nitrogens with zero attached hydrogens (tertiary/aromatic N) is 3. The molecule has 2 aromatic rings. The van der Waals surface area contributed by atoms with Crippen LogP contribution in [0.25, 0.3) is 11.0 Å². The first-order valence-corrected chi connectivity index (χ1v) is 6.68. The molecule has 1 aliphatic carbocycles. The number of hydrogen-bond acceptors (Lipinski definition) is 3. The smallest absolute Gasteiger partial charge is 0.143 e. The summed E-state index contributed by atoms with van der Waals surface area (Å²) in [5.74, 6) is 0.810. The second-order valence-electron chi connectivity index (χ2n) is 5.52. The molecule has 1 fully saturated rings. The summed E-state index contributed by atoms with van der Waals surface area (Å²) in [7, 11) is 2.03. The SMILES string of the molecule is Cc1ncc2c(C3(N)CCCCC3)cn(C)c2n1. The molecule has 4 heteroatoms. The van der Waals surface area contributed by atoms with Crippen molar-refractivity contribution in [3.8, 4) is 0 Å². The Morgan fingerprint density at radius 2 is 2.00 bits per heavy atom. The van der Waals surface area contributed by atoms with Crippen molar-refractivity contribution in [2.45, 2.75) is 44.6 Å². The van der Waals surface area contributed by atoms with Crippen LogP contribution in [-0.4, -0.2) is 14.5 Å². The highest BCUT2D eigenvalue weighted by Gasteiger charge is 2.32. The molecule has 0 spiro atoms. The summed E-state index contributed by atoms with van der Waals surface area (Å²) in [6.07, 6.45) is 9.96. The minimum atomic E-state index is -0.184. The molecule has 1 aliphatic rings. The van der Waals surface area contributed by atoms with Crippen molar-refractivity contribution < 1.29 is 0 Å². The molecule has 0 aromatic carbocycles. The van der Waals surface area contributed by atoms with E-state index < -0.39 is 0 Å². The Kier molecular flexibility index (Phi) is 2.63. The van der Waals surface area contributed by atoms with E-state index in [1.54, 1.807) is 0 Å². The first-order chi connectivity index (χ1) is 8.60. The molecule has 1 saturated carbocycles. The molecular formula is C14H20N4. The molecule has 0 amide bonds. The van der Waals surface area contributed by atoms with Gasteiger partial charge in [0.15, 0.2) is 0 Å². The van der Waals surface area contributed by atoms with Crippen LogP contribution in [0.3, 0.4) is 0 Å². The van der Waals surface area contributed by atoms with Crippen LogP contribution in [0.2, 0.25) is 0 Å². The quantitative estimate of drug-likeness (QED) is 0.838. The Labute approximate surface area is 107 Å². The van der Waals surface area contributed by atoms with Gasteiger partial charge in [0.1, 0.15) is 11.5 Å². The number of aromatic nitrogens is 3. The number of fused-ring (bicyclic) bond motifs is 1. The van der Waals surface area contributed by atoms with Gasteiger partial charge in [0.2, 0.25) is 0 Å². The van der Waals surface area contributed by atoms with Gasteiger partial charge in [-0.1, -0.05) is 19.3 Å². The molecule has 18 heavy (non-hydrogen) atoms. The molecule has 2 heterocycles. The van der Waals surface area contributed by atoms with E-state index in [4.69, 9.17) is 5.73 Å². The van der Waals surface area contributed by atoms with Gasteiger partial charge in [0.25, 0.3) is 0 Å². The van der Waals surface area contributed by atoms with Crippen LogP contribution in [0, 0.1) is 6.92 Å². The average Bonchev–Trinajstić information content (AvgIpc) is 2.68. The zero-order valence-electron chi connectivity index (χ0n) is 11.1. The van der Waals surface area contributed by atoms with Crippen LogP contribution in [0.1, 0.15) is 43.5 Å². The fourth-order valence-electron chi connectivity index (χ4n) is 3.09. The molecule has 0 radical (unpaired) electrons. The predicted octanol–water partition coefficient (Wildman–Crippen LogP) is 2.39. The average molecular weight is 244 g/mol. The van der Waals surface area contributed by atoms with Crippen LogP contribution in [0.15, 0.2) is 12.4 Å². The Morgan fingerprint density at radius 3 is 2.72 bits per heavy atom. The molecule has 2 N–H and O–H groups in total. The summed E-state index contributed by atoms with van der Waals surface area (Å²) < 4.78 is 2.07. The summed E-state index contributed by atoms with van der Waals surface area (Å²) >= 11 is 0. The second-order valence-corrected chi connectivity index (χ2v) is 5.52. The summed E-state index contributed by atoms with van der Waals surface area (Å²) in [4.78, 5) is 8.85. The molecule has 0 unspecified atom stereocenters. The number of hydrogen-bond donors (Lipinski definition) is 1. The van der Waals surface area contributed by atoms with Gasteiger partial charge in [0.05, 0.1) is 0 Å². The van der Waals surface area contributed by atoms with Gasteiger partial charge in [-0.05, 0) is 19.8 Å². The highest BCUT2D eigenvalue weighted by atomic mass is 15.0. The normalized spacial score (nSPS) is 19.3. The Hall–Kier alpha value is -1.42. The Morgan fingerprint density at radius 1 is 1.28 bits per heavy atom. The first kappa shape index (κ1) is 11.7. The van der Waals surface area contributed by atoms with Crippen LogP contribution in [0.5, 0.6) is 0 Å². The largest absolute Gasteiger partial charge is 0.335 e. The van der Waals surface area contributed by atoms with E-state index in [2.05, 4.69) is 20.7 Å². The topological polar surface area (TPSA) is 56.7 Å². The van der Waals surface area contributed by atoms with E-state index in [9.17, 15) is 0 Å². The molecular weight excluding hydrogens is 224 g/mol. The van der Waals surface area contributed by atoms with Crippen molar-refractivity contribution >= 4 is 11.0 Å². The van der Waals surface area contributed by atoms with E-state index >= 15 is 0 Å². The summed E-state index contributed by atoms with van der Waals surface area (Å²) in [5.41, 5.74) is 8.66. The molecule has 2 aromatic heterocycles. The van der Waals surface area contributed by atoms with E-state index in [1.165, 1.54) is 24.8 Å². The van der Waals surface area contributed by atoms with Gasteiger partial charge in [-0.2, -0.15) is 0 Å². The van der Waals surface area contributed by atoms with Crippen molar-refractivity contribution in [2.75, 3.05) is 0 Å². The van der Waals surface area contributed by atoms with Crippen molar-refractivity contribution in [1.82, 2.24) is 14.5 Å². The van der Waals surface area contributed by atoms with E-state index in [1.807, 2.05) is 20.2 Å². The standard InChI is InChI=1S/C14H20N4/c1-10-16-8-11-12(9-18(2)13(11)17-10)14(15)6-4-3-5-7-14/h8-9H,3-7,15H2,1-2H3. The monoisotopic (exact) mass is 244 g/mol. The lowest BCUT2D eigenvalue weighted by atomic mass is 9.78.